The number of piperidine rings is 2. The van der Waals surface area contributed by atoms with E-state index in [0.29, 0.717) is 45.4 Å². The Labute approximate surface area is 273 Å². The van der Waals surface area contributed by atoms with Crippen molar-refractivity contribution in [3.05, 3.63) is 103 Å². The summed E-state index contributed by atoms with van der Waals surface area (Å²) in [6, 6.07) is 32.2. The Kier molecular flexibility index (Phi) is 8.61. The molecule has 2 fully saturated rings. The van der Waals surface area contributed by atoms with Gasteiger partial charge in [-0.05, 0) is 54.2 Å². The van der Waals surface area contributed by atoms with Gasteiger partial charge in [-0.3, -0.25) is 9.59 Å². The third-order valence-electron chi connectivity index (χ3n) is 9.77. The summed E-state index contributed by atoms with van der Waals surface area (Å²) in [5, 5.41) is 14.7. The molecule has 3 amide bonds. The highest BCUT2D eigenvalue weighted by Crippen LogP contribution is 2.33. The highest BCUT2D eigenvalue weighted by molar-refractivity contribution is 5.89. The third-order valence-corrected chi connectivity index (χ3v) is 9.77. The first-order chi connectivity index (χ1) is 22.9. The zero-order valence-corrected chi connectivity index (χ0v) is 26.3. The molecule has 2 aliphatic heterocycles. The second kappa shape index (κ2) is 13.3. The number of benzene rings is 4. The maximum absolute atomic E-state index is 14.2. The predicted octanol–water partition coefficient (Wildman–Crippen LogP) is 6.14. The molecule has 7 rings (SSSR count). The number of aromatic nitrogens is 2. The summed E-state index contributed by atoms with van der Waals surface area (Å²) in [5.74, 6) is 0.356. The van der Waals surface area contributed by atoms with E-state index < -0.39 is 12.1 Å². The van der Waals surface area contributed by atoms with Gasteiger partial charge in [-0.2, -0.15) is 0 Å². The van der Waals surface area contributed by atoms with Crippen molar-refractivity contribution in [2.24, 2.45) is 5.92 Å². The SMILES string of the molecule is O=C(N[C@H](Cc1ccc2ccccc2c1)C(=O)N1CCC(n2c(-c3ccccc3)nc3ccccc32)CC1)C1CCN(C(=O)O)CC1. The lowest BCUT2D eigenvalue weighted by Gasteiger charge is -2.36. The summed E-state index contributed by atoms with van der Waals surface area (Å²) in [6.45, 7) is 1.78. The fourth-order valence-corrected chi connectivity index (χ4v) is 7.19. The number of imidazole rings is 1. The number of nitrogens with zero attached hydrogens (tertiary/aromatic N) is 4. The molecule has 0 unspecified atom stereocenters. The van der Waals surface area contributed by atoms with Crippen molar-refractivity contribution in [1.29, 1.82) is 0 Å². The predicted molar refractivity (Wildman–Crippen MR) is 182 cm³/mol. The van der Waals surface area contributed by atoms with Gasteiger partial charge in [-0.25, -0.2) is 9.78 Å². The molecule has 2 aliphatic rings. The molecule has 47 heavy (non-hydrogen) atoms. The van der Waals surface area contributed by atoms with E-state index in [-0.39, 0.29) is 23.8 Å². The summed E-state index contributed by atoms with van der Waals surface area (Å²) in [5.41, 5.74) is 4.09. The van der Waals surface area contributed by atoms with Crippen LogP contribution in [0, 0.1) is 5.92 Å². The highest BCUT2D eigenvalue weighted by atomic mass is 16.4. The molecular formula is C38H39N5O4. The Balaban J connectivity index is 1.10. The van der Waals surface area contributed by atoms with E-state index >= 15 is 0 Å². The Morgan fingerprint density at radius 2 is 1.43 bits per heavy atom. The fourth-order valence-electron chi connectivity index (χ4n) is 7.19. The summed E-state index contributed by atoms with van der Waals surface area (Å²) >= 11 is 0. The van der Waals surface area contributed by atoms with Crippen LogP contribution in [0.4, 0.5) is 4.79 Å². The van der Waals surface area contributed by atoms with Gasteiger partial charge in [0.15, 0.2) is 0 Å². The summed E-state index contributed by atoms with van der Waals surface area (Å²) in [4.78, 5) is 47.4. The Morgan fingerprint density at radius 3 is 2.17 bits per heavy atom. The minimum absolute atomic E-state index is 0.0771. The molecule has 1 aromatic heterocycles. The van der Waals surface area contributed by atoms with Crippen LogP contribution >= 0.6 is 0 Å². The quantitative estimate of drug-likeness (QED) is 0.225. The number of carbonyl (C=O) groups excluding carboxylic acids is 2. The standard InChI is InChI=1S/C38H39N5O4/c44-36(29-16-20-42(21-17-29)38(46)47)40-33(25-26-14-15-27-8-4-5-11-30(27)24-26)37(45)41-22-18-31(19-23-41)43-34-13-7-6-12-32(34)39-35(43)28-9-2-1-3-10-28/h1-15,24,29,31,33H,16-23,25H2,(H,40,44)(H,46,47)/t33-/m1/s1. The van der Waals surface area contributed by atoms with Crippen molar-refractivity contribution in [1.82, 2.24) is 24.7 Å². The molecule has 2 N–H and O–H groups in total. The summed E-state index contributed by atoms with van der Waals surface area (Å²) < 4.78 is 2.34. The average molecular weight is 630 g/mol. The van der Waals surface area contributed by atoms with E-state index in [4.69, 9.17) is 4.98 Å². The summed E-state index contributed by atoms with van der Waals surface area (Å²) in [7, 11) is 0. The molecule has 1 atom stereocenters. The monoisotopic (exact) mass is 629 g/mol. The van der Waals surface area contributed by atoms with Crippen LogP contribution in [0.25, 0.3) is 33.2 Å². The number of para-hydroxylation sites is 2. The smallest absolute Gasteiger partial charge is 0.407 e. The molecular weight excluding hydrogens is 590 g/mol. The van der Waals surface area contributed by atoms with Crippen LogP contribution in [-0.2, 0) is 16.0 Å². The second-order valence-electron chi connectivity index (χ2n) is 12.7. The number of carbonyl (C=O) groups is 3. The van der Waals surface area contributed by atoms with Gasteiger partial charge in [0, 0.05) is 50.1 Å². The van der Waals surface area contributed by atoms with Crippen LogP contribution in [-0.4, -0.2) is 74.6 Å². The van der Waals surface area contributed by atoms with Gasteiger partial charge >= 0.3 is 6.09 Å². The molecule has 9 nitrogen and oxygen atoms in total. The second-order valence-corrected chi connectivity index (χ2v) is 12.7. The number of nitrogens with one attached hydrogen (secondary N) is 1. The minimum atomic E-state index is -0.962. The largest absolute Gasteiger partial charge is 0.465 e. The Morgan fingerprint density at radius 1 is 0.766 bits per heavy atom. The molecule has 3 heterocycles. The van der Waals surface area contributed by atoms with Crippen LogP contribution in [0.15, 0.2) is 97.1 Å². The van der Waals surface area contributed by atoms with Gasteiger partial charge in [-0.1, -0.05) is 84.9 Å². The topological polar surface area (TPSA) is 108 Å². The van der Waals surface area contributed by atoms with E-state index in [1.54, 1.807) is 0 Å². The third kappa shape index (κ3) is 6.43. The molecule has 0 saturated carbocycles. The molecule has 2 saturated heterocycles. The van der Waals surface area contributed by atoms with Crippen molar-refractivity contribution in [2.75, 3.05) is 26.2 Å². The minimum Gasteiger partial charge on any atom is -0.465 e. The molecule has 9 heteroatoms. The van der Waals surface area contributed by atoms with Crippen molar-refractivity contribution < 1.29 is 19.5 Å². The van der Waals surface area contributed by atoms with Crippen molar-refractivity contribution in [3.63, 3.8) is 0 Å². The van der Waals surface area contributed by atoms with Crippen LogP contribution in [0.1, 0.15) is 37.3 Å². The highest BCUT2D eigenvalue weighted by Gasteiger charge is 2.34. The number of hydrogen-bond donors (Lipinski definition) is 2. The molecule has 0 spiro atoms. The molecule has 5 aromatic rings. The van der Waals surface area contributed by atoms with Crippen molar-refractivity contribution >= 4 is 39.7 Å². The molecule has 0 bridgehead atoms. The van der Waals surface area contributed by atoms with E-state index in [0.717, 1.165) is 51.6 Å². The number of likely N-dealkylation sites (tertiary alicyclic amines) is 2. The average Bonchev–Trinajstić information content (AvgIpc) is 3.51. The number of fused-ring (bicyclic) bond motifs is 2. The lowest BCUT2D eigenvalue weighted by molar-refractivity contribution is -0.138. The molecule has 240 valence electrons. The van der Waals surface area contributed by atoms with Gasteiger partial charge in [-0.15, -0.1) is 0 Å². The zero-order valence-electron chi connectivity index (χ0n) is 26.3. The lowest BCUT2D eigenvalue weighted by atomic mass is 9.94. The van der Waals surface area contributed by atoms with Crippen LogP contribution in [0.3, 0.4) is 0 Å². The first-order valence-electron chi connectivity index (χ1n) is 16.5. The maximum atomic E-state index is 14.2. The van der Waals surface area contributed by atoms with Crippen LogP contribution in [0.2, 0.25) is 0 Å². The molecule has 0 radical (unpaired) electrons. The Hall–Kier alpha value is -5.18. The van der Waals surface area contributed by atoms with Gasteiger partial charge in [0.05, 0.1) is 11.0 Å². The van der Waals surface area contributed by atoms with Crippen molar-refractivity contribution in [2.45, 2.75) is 44.2 Å². The number of amides is 3. The lowest BCUT2D eigenvalue weighted by Crippen LogP contribution is -2.53. The van der Waals surface area contributed by atoms with E-state index in [2.05, 4.69) is 52.3 Å². The van der Waals surface area contributed by atoms with E-state index in [1.807, 2.05) is 59.5 Å². The van der Waals surface area contributed by atoms with E-state index in [9.17, 15) is 19.5 Å². The molecule has 4 aromatic carbocycles. The van der Waals surface area contributed by atoms with Crippen LogP contribution < -0.4 is 5.32 Å². The van der Waals surface area contributed by atoms with E-state index in [1.165, 1.54) is 4.90 Å². The number of carboxylic acid groups (broad SMARTS) is 1. The first kappa shape index (κ1) is 30.5. The van der Waals surface area contributed by atoms with Gasteiger partial charge in [0.25, 0.3) is 0 Å². The Bertz CT molecular complexity index is 1910. The van der Waals surface area contributed by atoms with Gasteiger partial charge < -0.3 is 24.8 Å². The summed E-state index contributed by atoms with van der Waals surface area (Å²) in [6.07, 6.45) is 1.86. The molecule has 0 aliphatic carbocycles. The van der Waals surface area contributed by atoms with Crippen molar-refractivity contribution in [3.8, 4) is 11.4 Å². The number of rotatable bonds is 7. The normalized spacial score (nSPS) is 16.8. The van der Waals surface area contributed by atoms with Crippen LogP contribution in [0.5, 0.6) is 0 Å². The number of hydrogen-bond acceptors (Lipinski definition) is 4. The van der Waals surface area contributed by atoms with Gasteiger partial charge in [0.1, 0.15) is 11.9 Å². The zero-order chi connectivity index (χ0) is 32.3. The fraction of sp³-hybridized carbons (Fsp3) is 0.316. The van der Waals surface area contributed by atoms with Gasteiger partial charge in [0.2, 0.25) is 11.8 Å². The first-order valence-corrected chi connectivity index (χ1v) is 16.5. The maximum Gasteiger partial charge on any atom is 0.407 e.